The van der Waals surface area contributed by atoms with Crippen LogP contribution < -0.4 is 0 Å². The van der Waals surface area contributed by atoms with Crippen molar-refractivity contribution in [3.05, 3.63) is 15.9 Å². The molecule has 0 aromatic carbocycles. The first-order valence-corrected chi connectivity index (χ1v) is 3.29. The molecule has 0 unspecified atom stereocenters. The molecule has 0 aliphatic heterocycles. The lowest BCUT2D eigenvalue weighted by Crippen LogP contribution is -1.90. The van der Waals surface area contributed by atoms with E-state index in [1.807, 2.05) is 6.92 Å². The molecule has 0 aliphatic rings. The molecule has 1 aromatic heterocycles. The van der Waals surface area contributed by atoms with E-state index in [0.29, 0.717) is 12.2 Å². The number of nitro groups is 1. The lowest BCUT2D eigenvalue weighted by molar-refractivity contribution is -0.394. The van der Waals surface area contributed by atoms with Crippen LogP contribution in [-0.2, 0) is 6.42 Å². The van der Waals surface area contributed by atoms with Crippen LogP contribution in [0.4, 0.5) is 5.95 Å². The van der Waals surface area contributed by atoms with Crippen LogP contribution in [0.15, 0.2) is 0 Å². The molecular weight excluding hydrogens is 148 g/mol. The molecule has 11 heavy (non-hydrogen) atoms. The Bertz CT molecular complexity index is 257. The minimum Gasteiger partial charge on any atom is -0.390 e. The van der Waals surface area contributed by atoms with Gasteiger partial charge in [0.1, 0.15) is 0 Å². The quantitative estimate of drug-likeness (QED) is 0.514. The predicted molar refractivity (Wildman–Crippen MR) is 37.0 cm³/mol. The van der Waals surface area contributed by atoms with E-state index >= 15 is 0 Å². The third-order valence-corrected chi connectivity index (χ3v) is 1.17. The largest absolute Gasteiger partial charge is 0.453 e. The maximum absolute atomic E-state index is 10.1. The number of H-pyrrole nitrogens is 1. The van der Waals surface area contributed by atoms with Gasteiger partial charge in [-0.3, -0.25) is 0 Å². The van der Waals surface area contributed by atoms with Crippen LogP contribution in [0.2, 0.25) is 0 Å². The van der Waals surface area contributed by atoms with Gasteiger partial charge in [0.2, 0.25) is 5.82 Å². The standard InChI is InChI=1S/C5H8N4O2/c1-2-3-4-6-5(8-7-4)9(10)11/h2-3H2,1H3,(H,6,7,8). The van der Waals surface area contributed by atoms with Crippen LogP contribution >= 0.6 is 0 Å². The smallest absolute Gasteiger partial charge is 0.390 e. The highest BCUT2D eigenvalue weighted by Crippen LogP contribution is 2.02. The average Bonchev–Trinajstić information content (AvgIpc) is 2.37. The molecule has 6 heteroatoms. The van der Waals surface area contributed by atoms with E-state index < -0.39 is 4.92 Å². The van der Waals surface area contributed by atoms with Crippen LogP contribution in [0.5, 0.6) is 0 Å². The summed E-state index contributed by atoms with van der Waals surface area (Å²) < 4.78 is 0. The zero-order chi connectivity index (χ0) is 8.27. The van der Waals surface area contributed by atoms with E-state index in [1.54, 1.807) is 0 Å². The molecule has 1 N–H and O–H groups in total. The molecule has 0 atom stereocenters. The van der Waals surface area contributed by atoms with Crippen molar-refractivity contribution in [2.24, 2.45) is 0 Å². The normalized spacial score (nSPS) is 9.91. The molecule has 0 bridgehead atoms. The van der Waals surface area contributed by atoms with Crippen LogP contribution in [0.3, 0.4) is 0 Å². The summed E-state index contributed by atoms with van der Waals surface area (Å²) in [4.78, 5) is 13.1. The van der Waals surface area contributed by atoms with E-state index in [9.17, 15) is 10.1 Å². The Morgan fingerprint density at radius 2 is 2.45 bits per heavy atom. The molecule has 1 heterocycles. The Hall–Kier alpha value is -1.46. The van der Waals surface area contributed by atoms with Gasteiger partial charge in [0, 0.05) is 6.42 Å². The summed E-state index contributed by atoms with van der Waals surface area (Å²) in [6.45, 7) is 1.96. The van der Waals surface area contributed by atoms with Gasteiger partial charge in [0.15, 0.2) is 0 Å². The van der Waals surface area contributed by atoms with Gasteiger partial charge in [-0.1, -0.05) is 12.0 Å². The molecule has 0 radical (unpaired) electrons. The minimum atomic E-state index is -0.591. The third kappa shape index (κ3) is 1.73. The lowest BCUT2D eigenvalue weighted by Gasteiger charge is -1.83. The van der Waals surface area contributed by atoms with Crippen molar-refractivity contribution < 1.29 is 4.92 Å². The summed E-state index contributed by atoms with van der Waals surface area (Å²) in [7, 11) is 0. The summed E-state index contributed by atoms with van der Waals surface area (Å²) in [6, 6.07) is 0. The fraction of sp³-hybridized carbons (Fsp3) is 0.600. The van der Waals surface area contributed by atoms with Crippen LogP contribution in [0.25, 0.3) is 0 Å². The fourth-order valence-electron chi connectivity index (χ4n) is 0.704. The average molecular weight is 156 g/mol. The Morgan fingerprint density at radius 1 is 1.73 bits per heavy atom. The van der Waals surface area contributed by atoms with Gasteiger partial charge in [0.25, 0.3) is 0 Å². The van der Waals surface area contributed by atoms with Crippen LogP contribution in [-0.4, -0.2) is 20.1 Å². The van der Waals surface area contributed by atoms with E-state index in [2.05, 4.69) is 15.2 Å². The SMILES string of the molecule is CCCc1n[nH]c([N+](=O)[O-])n1. The molecule has 0 saturated heterocycles. The van der Waals surface area contributed by atoms with Gasteiger partial charge < -0.3 is 10.1 Å². The van der Waals surface area contributed by atoms with E-state index in [-0.39, 0.29) is 5.95 Å². The van der Waals surface area contributed by atoms with Crippen molar-refractivity contribution >= 4 is 5.95 Å². The Balaban J connectivity index is 2.73. The van der Waals surface area contributed by atoms with E-state index in [0.717, 1.165) is 6.42 Å². The molecule has 0 saturated carbocycles. The number of hydrogen-bond acceptors (Lipinski definition) is 4. The summed E-state index contributed by atoms with van der Waals surface area (Å²) in [5, 5.41) is 16.0. The maximum Gasteiger partial charge on any atom is 0.453 e. The van der Waals surface area contributed by atoms with Crippen molar-refractivity contribution in [1.29, 1.82) is 0 Å². The summed E-state index contributed by atoms with van der Waals surface area (Å²) in [5.41, 5.74) is 0. The first kappa shape index (κ1) is 7.64. The van der Waals surface area contributed by atoms with Crippen molar-refractivity contribution in [3.8, 4) is 0 Å². The molecule has 0 aliphatic carbocycles. The number of rotatable bonds is 3. The molecule has 0 fully saturated rings. The van der Waals surface area contributed by atoms with Crippen molar-refractivity contribution in [2.75, 3.05) is 0 Å². The molecule has 6 nitrogen and oxygen atoms in total. The monoisotopic (exact) mass is 156 g/mol. The van der Waals surface area contributed by atoms with E-state index in [4.69, 9.17) is 0 Å². The topological polar surface area (TPSA) is 84.7 Å². The predicted octanol–water partition coefficient (Wildman–Crippen LogP) is 0.665. The van der Waals surface area contributed by atoms with Gasteiger partial charge in [-0.15, -0.1) is 5.10 Å². The molecular formula is C5H8N4O2. The van der Waals surface area contributed by atoms with Crippen molar-refractivity contribution in [1.82, 2.24) is 15.2 Å². The maximum atomic E-state index is 10.1. The zero-order valence-electron chi connectivity index (χ0n) is 6.07. The molecule has 1 rings (SSSR count). The summed E-state index contributed by atoms with van der Waals surface area (Å²) >= 11 is 0. The molecule has 0 amide bonds. The van der Waals surface area contributed by atoms with Crippen LogP contribution in [0, 0.1) is 10.1 Å². The Morgan fingerprint density at radius 3 is 2.91 bits per heavy atom. The second-order valence-electron chi connectivity index (χ2n) is 2.08. The first-order valence-electron chi connectivity index (χ1n) is 3.29. The van der Waals surface area contributed by atoms with E-state index in [1.165, 1.54) is 0 Å². The summed E-state index contributed by atoms with van der Waals surface area (Å²) in [6.07, 6.45) is 1.55. The van der Waals surface area contributed by atoms with Crippen molar-refractivity contribution in [3.63, 3.8) is 0 Å². The second kappa shape index (κ2) is 3.09. The Labute approximate surface area is 62.8 Å². The second-order valence-corrected chi connectivity index (χ2v) is 2.08. The minimum absolute atomic E-state index is 0.284. The lowest BCUT2D eigenvalue weighted by atomic mass is 10.3. The Kier molecular flexibility index (Phi) is 2.15. The zero-order valence-corrected chi connectivity index (χ0v) is 6.07. The highest BCUT2D eigenvalue weighted by molar-refractivity contribution is 5.02. The number of hydrogen-bond donors (Lipinski definition) is 1. The molecule has 0 spiro atoms. The highest BCUT2D eigenvalue weighted by Gasteiger charge is 2.11. The molecule has 60 valence electrons. The summed E-state index contributed by atoms with van der Waals surface area (Å²) in [5.74, 6) is 0.215. The van der Waals surface area contributed by atoms with Gasteiger partial charge >= 0.3 is 5.95 Å². The van der Waals surface area contributed by atoms with Crippen LogP contribution in [0.1, 0.15) is 19.2 Å². The molecule has 1 aromatic rings. The van der Waals surface area contributed by atoms with Crippen molar-refractivity contribution in [2.45, 2.75) is 19.8 Å². The number of nitrogens with one attached hydrogen (secondary N) is 1. The number of nitrogens with zero attached hydrogens (tertiary/aromatic N) is 3. The highest BCUT2D eigenvalue weighted by atomic mass is 16.6. The first-order chi connectivity index (χ1) is 5.24. The van der Waals surface area contributed by atoms with Gasteiger partial charge in [-0.2, -0.15) is 0 Å². The van der Waals surface area contributed by atoms with Gasteiger partial charge in [0.05, 0.1) is 0 Å². The number of aromatic nitrogens is 3. The van der Waals surface area contributed by atoms with Gasteiger partial charge in [-0.25, -0.2) is 0 Å². The van der Waals surface area contributed by atoms with Gasteiger partial charge in [-0.05, 0) is 16.3 Å². The number of aromatic amines is 1. The number of aryl methyl sites for hydroxylation is 1. The third-order valence-electron chi connectivity index (χ3n) is 1.17. The fourth-order valence-corrected chi connectivity index (χ4v) is 0.704.